The normalized spacial score (nSPS) is 11.1. The second-order valence-electron chi connectivity index (χ2n) is 6.47. The van der Waals surface area contributed by atoms with E-state index in [1.54, 1.807) is 28.5 Å². The molecule has 0 aliphatic heterocycles. The summed E-state index contributed by atoms with van der Waals surface area (Å²) < 4.78 is 0. The lowest BCUT2D eigenvalue weighted by atomic mass is 10.1. The van der Waals surface area contributed by atoms with Gasteiger partial charge in [0, 0.05) is 22.9 Å². The third-order valence-electron chi connectivity index (χ3n) is 4.28. The molecule has 0 saturated heterocycles. The van der Waals surface area contributed by atoms with Gasteiger partial charge in [-0.2, -0.15) is 0 Å². The SMILES string of the molecule is CC(=O)N(c1nc(/C=C/C(=O)c2ccc(Cl)cc2Cl)cs1)c1c(C)cccc1C. The van der Waals surface area contributed by atoms with Crippen LogP contribution in [0.4, 0.5) is 10.8 Å². The van der Waals surface area contributed by atoms with Crippen molar-refractivity contribution in [2.75, 3.05) is 4.90 Å². The summed E-state index contributed by atoms with van der Waals surface area (Å²) in [6.07, 6.45) is 3.02. The van der Waals surface area contributed by atoms with Crippen molar-refractivity contribution in [2.45, 2.75) is 20.8 Å². The minimum absolute atomic E-state index is 0.128. The molecule has 3 rings (SSSR count). The van der Waals surface area contributed by atoms with Crippen molar-refractivity contribution in [3.63, 3.8) is 0 Å². The molecule has 1 aromatic heterocycles. The molecule has 1 heterocycles. The van der Waals surface area contributed by atoms with Gasteiger partial charge in [-0.25, -0.2) is 4.98 Å². The van der Waals surface area contributed by atoms with E-state index in [9.17, 15) is 9.59 Å². The number of rotatable bonds is 5. The number of aryl methyl sites for hydroxylation is 2. The quantitative estimate of drug-likeness (QED) is 0.327. The van der Waals surface area contributed by atoms with E-state index in [4.69, 9.17) is 23.2 Å². The molecule has 4 nitrogen and oxygen atoms in total. The summed E-state index contributed by atoms with van der Waals surface area (Å²) in [6, 6.07) is 10.6. The Hall–Kier alpha value is -2.47. The number of amides is 1. The van der Waals surface area contributed by atoms with Crippen LogP contribution < -0.4 is 4.90 Å². The van der Waals surface area contributed by atoms with Gasteiger partial charge < -0.3 is 0 Å². The standard InChI is InChI=1S/C22H18Cl2N2O2S/c1-13-5-4-6-14(2)21(13)26(15(3)27)22-25-17(12-29-22)8-10-20(28)18-9-7-16(23)11-19(18)24/h4-12H,1-3H3/b10-8+. The van der Waals surface area contributed by atoms with Crippen LogP contribution in [-0.4, -0.2) is 16.7 Å². The van der Waals surface area contributed by atoms with E-state index in [1.165, 1.54) is 30.4 Å². The minimum atomic E-state index is -0.251. The fraction of sp³-hybridized carbons (Fsp3) is 0.136. The van der Waals surface area contributed by atoms with Gasteiger partial charge in [-0.1, -0.05) is 41.4 Å². The van der Waals surface area contributed by atoms with Gasteiger partial charge in [0.15, 0.2) is 10.9 Å². The molecule has 1 amide bonds. The van der Waals surface area contributed by atoms with E-state index in [0.717, 1.165) is 16.8 Å². The Kier molecular flexibility index (Phi) is 6.52. The Morgan fingerprint density at radius 3 is 2.41 bits per heavy atom. The van der Waals surface area contributed by atoms with Crippen molar-refractivity contribution in [1.29, 1.82) is 0 Å². The highest BCUT2D eigenvalue weighted by molar-refractivity contribution is 7.14. The second-order valence-corrected chi connectivity index (χ2v) is 8.15. The van der Waals surface area contributed by atoms with Gasteiger partial charge in [0.1, 0.15) is 0 Å². The van der Waals surface area contributed by atoms with Crippen LogP contribution in [-0.2, 0) is 4.79 Å². The van der Waals surface area contributed by atoms with E-state index in [-0.39, 0.29) is 11.7 Å². The van der Waals surface area contributed by atoms with Gasteiger partial charge >= 0.3 is 0 Å². The molecule has 29 heavy (non-hydrogen) atoms. The molecular formula is C22H18Cl2N2O2S. The van der Waals surface area contributed by atoms with Crippen molar-refractivity contribution in [3.8, 4) is 0 Å². The van der Waals surface area contributed by atoms with Crippen LogP contribution in [0.3, 0.4) is 0 Å². The molecule has 0 radical (unpaired) electrons. The number of nitrogens with zero attached hydrogens (tertiary/aromatic N) is 2. The second kappa shape index (κ2) is 8.91. The summed E-state index contributed by atoms with van der Waals surface area (Å²) in [7, 11) is 0. The van der Waals surface area contributed by atoms with Gasteiger partial charge in [-0.15, -0.1) is 11.3 Å². The first-order valence-corrected chi connectivity index (χ1v) is 10.4. The summed E-state index contributed by atoms with van der Waals surface area (Å²) in [5.41, 5.74) is 3.75. The van der Waals surface area contributed by atoms with Gasteiger partial charge in [0.05, 0.1) is 16.4 Å². The van der Waals surface area contributed by atoms with Crippen molar-refractivity contribution >= 4 is 63.1 Å². The molecule has 0 saturated carbocycles. The van der Waals surface area contributed by atoms with Crippen LogP contribution in [0.5, 0.6) is 0 Å². The van der Waals surface area contributed by atoms with Crippen LogP contribution in [0.1, 0.15) is 34.1 Å². The Balaban J connectivity index is 1.88. The van der Waals surface area contributed by atoms with Crippen LogP contribution in [0.2, 0.25) is 10.0 Å². The van der Waals surface area contributed by atoms with Gasteiger partial charge in [0.25, 0.3) is 0 Å². The highest BCUT2D eigenvalue weighted by Gasteiger charge is 2.21. The molecule has 0 unspecified atom stereocenters. The number of thiazole rings is 1. The van der Waals surface area contributed by atoms with E-state index >= 15 is 0 Å². The van der Waals surface area contributed by atoms with Crippen LogP contribution in [0.25, 0.3) is 6.08 Å². The average Bonchev–Trinajstić information content (AvgIpc) is 3.11. The molecule has 148 valence electrons. The molecular weight excluding hydrogens is 427 g/mol. The van der Waals surface area contributed by atoms with Crippen LogP contribution >= 0.6 is 34.5 Å². The number of aromatic nitrogens is 1. The topological polar surface area (TPSA) is 50.3 Å². The number of carbonyl (C=O) groups excluding carboxylic acids is 2. The number of carbonyl (C=O) groups is 2. The lowest BCUT2D eigenvalue weighted by Crippen LogP contribution is -2.24. The molecule has 2 aromatic carbocycles. The van der Waals surface area contributed by atoms with Crippen molar-refractivity contribution in [2.24, 2.45) is 0 Å². The molecule has 0 fully saturated rings. The molecule has 3 aromatic rings. The lowest BCUT2D eigenvalue weighted by Gasteiger charge is -2.22. The molecule has 0 bridgehead atoms. The summed E-state index contributed by atoms with van der Waals surface area (Å²) in [6.45, 7) is 5.43. The third kappa shape index (κ3) is 4.75. The lowest BCUT2D eigenvalue weighted by molar-refractivity contribution is -0.115. The molecule has 0 aliphatic rings. The number of ketones is 1. The smallest absolute Gasteiger partial charge is 0.230 e. The number of benzene rings is 2. The van der Waals surface area contributed by atoms with Gasteiger partial charge in [-0.3, -0.25) is 14.5 Å². The number of halogens is 2. The summed E-state index contributed by atoms with van der Waals surface area (Å²) in [5.74, 6) is -0.379. The molecule has 0 aliphatic carbocycles. The monoisotopic (exact) mass is 444 g/mol. The van der Waals surface area contributed by atoms with E-state index < -0.39 is 0 Å². The largest absolute Gasteiger partial charge is 0.289 e. The van der Waals surface area contributed by atoms with Crippen molar-refractivity contribution in [3.05, 3.63) is 80.3 Å². The third-order valence-corrected chi connectivity index (χ3v) is 5.67. The number of allylic oxidation sites excluding steroid dienone is 1. The molecule has 0 atom stereocenters. The molecule has 7 heteroatoms. The maximum Gasteiger partial charge on any atom is 0.230 e. The average molecular weight is 445 g/mol. The maximum absolute atomic E-state index is 12.4. The molecule has 0 spiro atoms. The first-order valence-electron chi connectivity index (χ1n) is 8.78. The van der Waals surface area contributed by atoms with E-state index in [0.29, 0.717) is 26.4 Å². The summed E-state index contributed by atoms with van der Waals surface area (Å²) in [5, 5.41) is 3.11. The number of hydrogen-bond acceptors (Lipinski definition) is 4. The van der Waals surface area contributed by atoms with Crippen LogP contribution in [0.15, 0.2) is 47.9 Å². The first kappa shape index (κ1) is 21.2. The zero-order valence-corrected chi connectivity index (χ0v) is 18.4. The fourth-order valence-corrected chi connectivity index (χ4v) is 4.28. The maximum atomic E-state index is 12.4. The number of hydrogen-bond donors (Lipinski definition) is 0. The zero-order chi connectivity index (χ0) is 21.1. The van der Waals surface area contributed by atoms with Gasteiger partial charge in [-0.05, 0) is 55.3 Å². The first-order chi connectivity index (χ1) is 13.8. The summed E-state index contributed by atoms with van der Waals surface area (Å²) >= 11 is 13.3. The Labute approximate surface area is 183 Å². The van der Waals surface area contributed by atoms with Crippen LogP contribution in [0, 0.1) is 13.8 Å². The van der Waals surface area contributed by atoms with E-state index in [2.05, 4.69) is 4.98 Å². The highest BCUT2D eigenvalue weighted by Crippen LogP contribution is 2.34. The zero-order valence-electron chi connectivity index (χ0n) is 16.1. The number of anilines is 2. The summed E-state index contributed by atoms with van der Waals surface area (Å²) in [4.78, 5) is 30.9. The Bertz CT molecular complexity index is 1100. The molecule has 0 N–H and O–H groups in total. The van der Waals surface area contributed by atoms with Crippen molar-refractivity contribution < 1.29 is 9.59 Å². The Morgan fingerprint density at radius 1 is 1.10 bits per heavy atom. The Morgan fingerprint density at radius 2 is 1.79 bits per heavy atom. The fourth-order valence-electron chi connectivity index (χ4n) is 2.94. The van der Waals surface area contributed by atoms with Crippen molar-refractivity contribution in [1.82, 2.24) is 4.98 Å². The van der Waals surface area contributed by atoms with E-state index in [1.807, 2.05) is 32.0 Å². The minimum Gasteiger partial charge on any atom is -0.289 e. The predicted molar refractivity (Wildman–Crippen MR) is 121 cm³/mol. The highest BCUT2D eigenvalue weighted by atomic mass is 35.5. The number of para-hydroxylation sites is 1. The van der Waals surface area contributed by atoms with Gasteiger partial charge in [0.2, 0.25) is 5.91 Å². The predicted octanol–water partition coefficient (Wildman–Crippen LogP) is 6.65.